The van der Waals surface area contributed by atoms with Gasteiger partial charge in [-0.2, -0.15) is 0 Å². The lowest BCUT2D eigenvalue weighted by molar-refractivity contribution is -0.138. The second-order valence-corrected chi connectivity index (χ2v) is 5.68. The molecule has 3 heteroatoms. The SMILES string of the molecule is CCCCCc1ccccc1C=CC(=O)OCCN(CC)CC. The molecule has 3 nitrogen and oxygen atoms in total. The number of rotatable bonds is 11. The predicted molar refractivity (Wildman–Crippen MR) is 97.5 cm³/mol. The highest BCUT2D eigenvalue weighted by Gasteiger charge is 2.03. The van der Waals surface area contributed by atoms with E-state index in [1.165, 1.54) is 24.8 Å². The third-order valence-corrected chi connectivity index (χ3v) is 4.05. The van der Waals surface area contributed by atoms with E-state index >= 15 is 0 Å². The van der Waals surface area contributed by atoms with Gasteiger partial charge in [-0.3, -0.25) is 0 Å². The fourth-order valence-electron chi connectivity index (χ4n) is 2.51. The number of aryl methyl sites for hydroxylation is 1. The first-order chi connectivity index (χ1) is 11.2. The maximum Gasteiger partial charge on any atom is 0.330 e. The minimum absolute atomic E-state index is 0.263. The Hall–Kier alpha value is -1.61. The van der Waals surface area contributed by atoms with Crippen LogP contribution in [0.3, 0.4) is 0 Å². The van der Waals surface area contributed by atoms with Crippen LogP contribution in [0.5, 0.6) is 0 Å². The Kier molecular flexibility index (Phi) is 10.0. The van der Waals surface area contributed by atoms with Crippen LogP contribution < -0.4 is 0 Å². The first-order valence-corrected chi connectivity index (χ1v) is 8.86. The van der Waals surface area contributed by atoms with Crippen molar-refractivity contribution in [2.45, 2.75) is 46.5 Å². The number of esters is 1. The number of nitrogens with zero attached hydrogens (tertiary/aromatic N) is 1. The topological polar surface area (TPSA) is 29.5 Å². The number of benzene rings is 1. The molecule has 1 rings (SSSR count). The summed E-state index contributed by atoms with van der Waals surface area (Å²) in [6.07, 6.45) is 8.13. The first-order valence-electron chi connectivity index (χ1n) is 8.86. The van der Waals surface area contributed by atoms with Gasteiger partial charge < -0.3 is 9.64 Å². The molecule has 0 saturated heterocycles. The average Bonchev–Trinajstić information content (AvgIpc) is 2.58. The Morgan fingerprint density at radius 1 is 1.13 bits per heavy atom. The number of carbonyl (C=O) groups is 1. The summed E-state index contributed by atoms with van der Waals surface area (Å²) in [4.78, 5) is 14.1. The summed E-state index contributed by atoms with van der Waals surface area (Å²) in [5.74, 6) is -0.263. The van der Waals surface area contributed by atoms with E-state index in [2.05, 4.69) is 43.9 Å². The molecule has 0 aliphatic rings. The molecule has 0 aromatic heterocycles. The normalized spacial score (nSPS) is 11.3. The molecular formula is C20H31NO2. The maximum absolute atomic E-state index is 11.8. The number of ether oxygens (including phenoxy) is 1. The highest BCUT2D eigenvalue weighted by atomic mass is 16.5. The Bertz CT molecular complexity index is 478. The monoisotopic (exact) mass is 317 g/mol. The minimum atomic E-state index is -0.263. The quantitative estimate of drug-likeness (QED) is 0.346. The molecule has 128 valence electrons. The zero-order valence-corrected chi connectivity index (χ0v) is 14.9. The van der Waals surface area contributed by atoms with Gasteiger partial charge in [-0.05, 0) is 43.1 Å². The van der Waals surface area contributed by atoms with Crippen LogP contribution in [0, 0.1) is 0 Å². The largest absolute Gasteiger partial charge is 0.461 e. The van der Waals surface area contributed by atoms with Crippen molar-refractivity contribution in [3.63, 3.8) is 0 Å². The molecule has 0 bridgehead atoms. The average molecular weight is 317 g/mol. The standard InChI is InChI=1S/C20H31NO2/c1-4-7-8-11-18-12-9-10-13-19(18)14-15-20(22)23-17-16-21(5-2)6-3/h9-10,12-15H,4-8,11,16-17H2,1-3H3. The molecule has 0 aliphatic carbocycles. The molecule has 0 amide bonds. The van der Waals surface area contributed by atoms with Gasteiger partial charge in [0.25, 0.3) is 0 Å². The second kappa shape index (κ2) is 11.9. The van der Waals surface area contributed by atoms with Crippen molar-refractivity contribution in [3.05, 3.63) is 41.5 Å². The lowest BCUT2D eigenvalue weighted by Crippen LogP contribution is -2.27. The molecular weight excluding hydrogens is 286 g/mol. The van der Waals surface area contributed by atoms with E-state index in [0.29, 0.717) is 6.61 Å². The third kappa shape index (κ3) is 7.98. The van der Waals surface area contributed by atoms with Gasteiger partial charge in [0.2, 0.25) is 0 Å². The molecule has 23 heavy (non-hydrogen) atoms. The predicted octanol–water partition coefficient (Wildman–Crippen LogP) is 4.32. The van der Waals surface area contributed by atoms with Gasteiger partial charge in [-0.25, -0.2) is 4.79 Å². The number of likely N-dealkylation sites (N-methyl/N-ethyl adjacent to an activating group) is 1. The van der Waals surface area contributed by atoms with Crippen LogP contribution in [-0.2, 0) is 16.0 Å². The van der Waals surface area contributed by atoms with Crippen LogP contribution in [0.2, 0.25) is 0 Å². The zero-order valence-electron chi connectivity index (χ0n) is 14.9. The molecule has 0 heterocycles. The van der Waals surface area contributed by atoms with Crippen LogP contribution in [0.1, 0.15) is 51.2 Å². The molecule has 0 unspecified atom stereocenters. The smallest absolute Gasteiger partial charge is 0.330 e. The van der Waals surface area contributed by atoms with E-state index in [1.807, 2.05) is 12.1 Å². The van der Waals surface area contributed by atoms with Crippen LogP contribution >= 0.6 is 0 Å². The summed E-state index contributed by atoms with van der Waals surface area (Å²) in [5, 5.41) is 0. The Morgan fingerprint density at radius 3 is 2.57 bits per heavy atom. The van der Waals surface area contributed by atoms with E-state index in [-0.39, 0.29) is 5.97 Å². The van der Waals surface area contributed by atoms with Crippen molar-refractivity contribution in [3.8, 4) is 0 Å². The molecule has 0 atom stereocenters. The number of unbranched alkanes of at least 4 members (excludes halogenated alkanes) is 2. The molecule has 0 spiro atoms. The van der Waals surface area contributed by atoms with Gasteiger partial charge in [0, 0.05) is 12.6 Å². The molecule has 0 radical (unpaired) electrons. The van der Waals surface area contributed by atoms with Crippen LogP contribution in [0.4, 0.5) is 0 Å². The summed E-state index contributed by atoms with van der Waals surface area (Å²) in [7, 11) is 0. The van der Waals surface area contributed by atoms with E-state index < -0.39 is 0 Å². The van der Waals surface area contributed by atoms with Crippen molar-refractivity contribution >= 4 is 12.0 Å². The summed E-state index contributed by atoms with van der Waals surface area (Å²) >= 11 is 0. The van der Waals surface area contributed by atoms with E-state index in [9.17, 15) is 4.79 Å². The van der Waals surface area contributed by atoms with Gasteiger partial charge in [0.15, 0.2) is 0 Å². The zero-order chi connectivity index (χ0) is 16.9. The van der Waals surface area contributed by atoms with Crippen molar-refractivity contribution in [1.29, 1.82) is 0 Å². The van der Waals surface area contributed by atoms with E-state index in [0.717, 1.165) is 31.6 Å². The fourth-order valence-corrected chi connectivity index (χ4v) is 2.51. The summed E-state index contributed by atoms with van der Waals surface area (Å²) in [6.45, 7) is 9.63. The van der Waals surface area contributed by atoms with Crippen molar-refractivity contribution in [2.75, 3.05) is 26.2 Å². The highest BCUT2D eigenvalue weighted by Crippen LogP contribution is 2.14. The molecule has 0 fully saturated rings. The molecule has 0 aliphatic heterocycles. The Balaban J connectivity index is 2.48. The minimum Gasteiger partial charge on any atom is -0.461 e. The number of hydrogen-bond donors (Lipinski definition) is 0. The van der Waals surface area contributed by atoms with E-state index in [4.69, 9.17) is 4.74 Å². The third-order valence-electron chi connectivity index (χ3n) is 4.05. The van der Waals surface area contributed by atoms with Gasteiger partial charge in [0.05, 0.1) is 0 Å². The number of carbonyl (C=O) groups excluding carboxylic acids is 1. The number of hydrogen-bond acceptors (Lipinski definition) is 3. The van der Waals surface area contributed by atoms with Crippen LogP contribution in [0.25, 0.3) is 6.08 Å². The van der Waals surface area contributed by atoms with Crippen molar-refractivity contribution in [1.82, 2.24) is 4.90 Å². The van der Waals surface area contributed by atoms with E-state index in [1.54, 1.807) is 6.08 Å². The lowest BCUT2D eigenvalue weighted by Gasteiger charge is -2.17. The van der Waals surface area contributed by atoms with Gasteiger partial charge >= 0.3 is 5.97 Å². The Labute approximate surface area is 141 Å². The van der Waals surface area contributed by atoms with Gasteiger partial charge in [0.1, 0.15) is 6.61 Å². The van der Waals surface area contributed by atoms with Crippen LogP contribution in [-0.4, -0.2) is 37.1 Å². The summed E-state index contributed by atoms with van der Waals surface area (Å²) in [6, 6.07) is 8.26. The molecule has 1 aromatic rings. The first kappa shape index (κ1) is 19.4. The lowest BCUT2D eigenvalue weighted by atomic mass is 10.0. The van der Waals surface area contributed by atoms with Gasteiger partial charge in [-0.15, -0.1) is 0 Å². The van der Waals surface area contributed by atoms with Crippen LogP contribution in [0.15, 0.2) is 30.3 Å². The molecule has 0 N–H and O–H groups in total. The molecule has 0 saturated carbocycles. The second-order valence-electron chi connectivity index (χ2n) is 5.68. The summed E-state index contributed by atoms with van der Waals surface area (Å²) in [5.41, 5.74) is 2.41. The van der Waals surface area contributed by atoms with Crippen molar-refractivity contribution < 1.29 is 9.53 Å². The summed E-state index contributed by atoms with van der Waals surface area (Å²) < 4.78 is 5.27. The highest BCUT2D eigenvalue weighted by molar-refractivity contribution is 5.87. The fraction of sp³-hybridized carbons (Fsp3) is 0.550. The van der Waals surface area contributed by atoms with Crippen molar-refractivity contribution in [2.24, 2.45) is 0 Å². The molecule has 1 aromatic carbocycles. The Morgan fingerprint density at radius 2 is 1.87 bits per heavy atom. The van der Waals surface area contributed by atoms with Gasteiger partial charge in [-0.1, -0.05) is 57.9 Å². The maximum atomic E-state index is 11.8.